The van der Waals surface area contributed by atoms with Crippen LogP contribution in [0.4, 0.5) is 21.0 Å². The van der Waals surface area contributed by atoms with Crippen molar-refractivity contribution in [1.29, 1.82) is 0 Å². The van der Waals surface area contributed by atoms with Crippen LogP contribution in [0.15, 0.2) is 29.6 Å². The van der Waals surface area contributed by atoms with Crippen LogP contribution in [0.5, 0.6) is 0 Å². The van der Waals surface area contributed by atoms with Gasteiger partial charge in [0.2, 0.25) is 0 Å². The standard InChI is InChI=1S/C21H26N2O6S/c1-13-10-17(30-12-13)14-8-9-15(16(11-14)23(26)27)22(18(24)28-20(2,3)4)19(25)29-21(5,6)7/h8-12H,1-7H3. The minimum absolute atomic E-state index is 0.222. The molecule has 0 unspecified atom stereocenters. The van der Waals surface area contributed by atoms with Gasteiger partial charge < -0.3 is 9.47 Å². The average molecular weight is 435 g/mol. The molecule has 8 nitrogen and oxygen atoms in total. The number of imide groups is 1. The molecule has 162 valence electrons. The summed E-state index contributed by atoms with van der Waals surface area (Å²) in [5.41, 5.74) is -0.820. The Bertz CT molecular complexity index is 941. The van der Waals surface area contributed by atoms with Crippen LogP contribution in [-0.2, 0) is 9.47 Å². The highest BCUT2D eigenvalue weighted by atomic mass is 32.1. The number of carbonyl (C=O) groups is 2. The van der Waals surface area contributed by atoms with Crippen LogP contribution in [0.3, 0.4) is 0 Å². The number of hydrogen-bond donors (Lipinski definition) is 0. The van der Waals surface area contributed by atoms with Crippen molar-refractivity contribution < 1.29 is 24.0 Å². The Labute approximate surface area is 179 Å². The summed E-state index contributed by atoms with van der Waals surface area (Å²) in [6, 6.07) is 6.22. The molecule has 0 bridgehead atoms. The molecule has 0 saturated carbocycles. The predicted molar refractivity (Wildman–Crippen MR) is 116 cm³/mol. The van der Waals surface area contributed by atoms with E-state index in [4.69, 9.17) is 9.47 Å². The van der Waals surface area contributed by atoms with Crippen molar-refractivity contribution in [2.45, 2.75) is 59.7 Å². The molecular formula is C21H26N2O6S. The summed E-state index contributed by atoms with van der Waals surface area (Å²) in [5.74, 6) is 0. The van der Waals surface area contributed by atoms with Gasteiger partial charge in [-0.2, -0.15) is 4.90 Å². The molecule has 0 spiro atoms. The van der Waals surface area contributed by atoms with Gasteiger partial charge in [0.25, 0.3) is 5.69 Å². The van der Waals surface area contributed by atoms with Crippen molar-refractivity contribution in [3.05, 3.63) is 45.3 Å². The number of rotatable bonds is 3. The lowest BCUT2D eigenvalue weighted by Gasteiger charge is -2.28. The van der Waals surface area contributed by atoms with E-state index >= 15 is 0 Å². The van der Waals surface area contributed by atoms with Gasteiger partial charge in [-0.3, -0.25) is 10.1 Å². The van der Waals surface area contributed by atoms with Crippen LogP contribution in [0.2, 0.25) is 0 Å². The first kappa shape index (κ1) is 23.3. The van der Waals surface area contributed by atoms with E-state index in [1.165, 1.54) is 23.5 Å². The minimum atomic E-state index is -1.06. The van der Waals surface area contributed by atoms with Crippen molar-refractivity contribution in [2.24, 2.45) is 0 Å². The molecule has 9 heteroatoms. The summed E-state index contributed by atoms with van der Waals surface area (Å²) in [5, 5.41) is 13.7. The van der Waals surface area contributed by atoms with Gasteiger partial charge >= 0.3 is 12.2 Å². The fourth-order valence-corrected chi connectivity index (χ4v) is 3.38. The number of nitro benzene ring substituents is 1. The van der Waals surface area contributed by atoms with E-state index in [1.807, 2.05) is 18.4 Å². The number of nitrogens with zero attached hydrogens (tertiary/aromatic N) is 2. The minimum Gasteiger partial charge on any atom is -0.443 e. The van der Waals surface area contributed by atoms with Gasteiger partial charge in [0.15, 0.2) is 0 Å². The normalized spacial score (nSPS) is 11.7. The smallest absolute Gasteiger partial charge is 0.424 e. The number of nitro groups is 1. The third-order valence-electron chi connectivity index (χ3n) is 3.58. The van der Waals surface area contributed by atoms with Crippen molar-refractivity contribution in [3.63, 3.8) is 0 Å². The van der Waals surface area contributed by atoms with Crippen LogP contribution < -0.4 is 4.90 Å². The van der Waals surface area contributed by atoms with E-state index in [0.717, 1.165) is 10.4 Å². The van der Waals surface area contributed by atoms with Gasteiger partial charge in [-0.05, 0) is 77.1 Å². The fraction of sp³-hybridized carbons (Fsp3) is 0.429. The average Bonchev–Trinajstić information content (AvgIpc) is 2.98. The Morgan fingerprint density at radius 2 is 1.53 bits per heavy atom. The SMILES string of the molecule is Cc1csc(-c2ccc(N(C(=O)OC(C)(C)C)C(=O)OC(C)(C)C)c([N+](=O)[O-])c2)c1. The molecule has 0 fully saturated rings. The quantitative estimate of drug-likeness (QED) is 0.415. The Balaban J connectivity index is 2.59. The first-order chi connectivity index (χ1) is 13.7. The summed E-state index contributed by atoms with van der Waals surface area (Å²) >= 11 is 1.45. The number of aryl methyl sites for hydroxylation is 1. The molecule has 1 heterocycles. The molecule has 0 aliphatic carbocycles. The van der Waals surface area contributed by atoms with E-state index < -0.39 is 34.0 Å². The number of hydrogen-bond acceptors (Lipinski definition) is 7. The third-order valence-corrected chi connectivity index (χ3v) is 4.68. The number of anilines is 1. The van der Waals surface area contributed by atoms with Crippen LogP contribution in [0.1, 0.15) is 47.1 Å². The van der Waals surface area contributed by atoms with Crippen molar-refractivity contribution in [2.75, 3.05) is 4.90 Å². The number of carbonyl (C=O) groups excluding carboxylic acids is 2. The summed E-state index contributed by atoms with van der Waals surface area (Å²) in [6.07, 6.45) is -2.11. The highest BCUT2D eigenvalue weighted by Crippen LogP contribution is 2.36. The number of thiophene rings is 1. The molecular weight excluding hydrogens is 408 g/mol. The Morgan fingerprint density at radius 3 is 1.93 bits per heavy atom. The molecule has 0 saturated heterocycles. The maximum atomic E-state index is 12.8. The van der Waals surface area contributed by atoms with Crippen molar-refractivity contribution in [3.8, 4) is 10.4 Å². The van der Waals surface area contributed by atoms with Gasteiger partial charge in [0.05, 0.1) is 4.92 Å². The highest BCUT2D eigenvalue weighted by molar-refractivity contribution is 7.13. The van der Waals surface area contributed by atoms with Crippen LogP contribution in [-0.4, -0.2) is 28.3 Å². The molecule has 30 heavy (non-hydrogen) atoms. The zero-order valence-corrected chi connectivity index (χ0v) is 19.0. The maximum Gasteiger partial charge on any atom is 0.424 e. The second-order valence-corrected chi connectivity index (χ2v) is 9.66. The van der Waals surface area contributed by atoms with E-state index in [2.05, 4.69) is 0 Å². The Hall–Kier alpha value is -2.94. The molecule has 1 aromatic carbocycles. The number of ether oxygens (including phenoxy) is 2. The van der Waals surface area contributed by atoms with Crippen molar-refractivity contribution >= 4 is 34.9 Å². The molecule has 0 atom stereocenters. The van der Waals surface area contributed by atoms with Crippen LogP contribution >= 0.6 is 11.3 Å². The van der Waals surface area contributed by atoms with E-state index in [-0.39, 0.29) is 5.69 Å². The monoisotopic (exact) mass is 434 g/mol. The Kier molecular flexibility index (Phi) is 6.56. The topological polar surface area (TPSA) is 99.0 Å². The Morgan fingerprint density at radius 1 is 1.00 bits per heavy atom. The largest absolute Gasteiger partial charge is 0.443 e. The molecule has 2 aromatic rings. The zero-order chi connectivity index (χ0) is 22.9. The molecule has 0 N–H and O–H groups in total. The molecule has 2 amide bonds. The molecule has 0 aliphatic heterocycles. The summed E-state index contributed by atoms with van der Waals surface area (Å²) in [7, 11) is 0. The lowest BCUT2D eigenvalue weighted by molar-refractivity contribution is -0.384. The van der Waals surface area contributed by atoms with E-state index in [9.17, 15) is 19.7 Å². The van der Waals surface area contributed by atoms with E-state index in [1.54, 1.807) is 47.6 Å². The number of amides is 2. The van der Waals surface area contributed by atoms with Gasteiger partial charge in [0, 0.05) is 10.9 Å². The second-order valence-electron chi connectivity index (χ2n) is 8.75. The lowest BCUT2D eigenvalue weighted by Crippen LogP contribution is -2.44. The van der Waals surface area contributed by atoms with Gasteiger partial charge in [-0.1, -0.05) is 6.07 Å². The summed E-state index contributed by atoms with van der Waals surface area (Å²) in [4.78, 5) is 38.2. The molecule has 0 aliphatic rings. The fourth-order valence-electron chi connectivity index (χ4n) is 2.48. The van der Waals surface area contributed by atoms with Gasteiger partial charge in [-0.25, -0.2) is 9.59 Å². The zero-order valence-electron chi connectivity index (χ0n) is 18.1. The predicted octanol–water partition coefficient (Wildman–Crippen LogP) is 6.31. The highest BCUT2D eigenvalue weighted by Gasteiger charge is 2.36. The first-order valence-corrected chi connectivity index (χ1v) is 10.2. The first-order valence-electron chi connectivity index (χ1n) is 9.28. The van der Waals surface area contributed by atoms with Crippen molar-refractivity contribution in [1.82, 2.24) is 0 Å². The third kappa shape index (κ3) is 6.03. The summed E-state index contributed by atoms with van der Waals surface area (Å²) < 4.78 is 10.6. The van der Waals surface area contributed by atoms with Gasteiger partial charge in [0.1, 0.15) is 16.9 Å². The van der Waals surface area contributed by atoms with Crippen LogP contribution in [0, 0.1) is 17.0 Å². The van der Waals surface area contributed by atoms with Crippen LogP contribution in [0.25, 0.3) is 10.4 Å². The second kappa shape index (κ2) is 8.43. The number of benzene rings is 1. The maximum absolute atomic E-state index is 12.8. The molecule has 1 aromatic heterocycles. The summed E-state index contributed by atoms with van der Waals surface area (Å²) in [6.45, 7) is 11.7. The lowest BCUT2D eigenvalue weighted by atomic mass is 10.1. The molecule has 0 radical (unpaired) electrons. The van der Waals surface area contributed by atoms with E-state index in [0.29, 0.717) is 10.5 Å². The van der Waals surface area contributed by atoms with Gasteiger partial charge in [-0.15, -0.1) is 11.3 Å². The molecule has 2 rings (SSSR count).